The summed E-state index contributed by atoms with van der Waals surface area (Å²) in [7, 11) is 0. The van der Waals surface area contributed by atoms with Crippen LogP contribution >= 0.6 is 0 Å². The molecule has 0 saturated carbocycles. The SMILES string of the molecule is CC1(C)Oc2ccc(OC(F)F)cc2C(N2CCCCC2=O)C1O. The van der Waals surface area contributed by atoms with Crippen molar-refractivity contribution in [2.45, 2.75) is 57.5 Å². The van der Waals surface area contributed by atoms with Gasteiger partial charge in [-0.05, 0) is 44.9 Å². The van der Waals surface area contributed by atoms with Crippen LogP contribution in [-0.4, -0.2) is 40.8 Å². The molecule has 1 saturated heterocycles. The average molecular weight is 341 g/mol. The number of aliphatic hydroxyl groups is 1. The standard InChI is InChI=1S/C17H21F2NO4/c1-17(2)15(22)14(20-8-4-3-5-13(20)21)11-9-10(23-16(18)19)6-7-12(11)24-17/h6-7,9,14-16,22H,3-5,8H2,1-2H3. The Kier molecular flexibility index (Phi) is 4.38. The second-order valence-electron chi connectivity index (χ2n) is 6.72. The number of benzene rings is 1. The minimum absolute atomic E-state index is 0.0197. The number of nitrogens with zero attached hydrogens (tertiary/aromatic N) is 1. The van der Waals surface area contributed by atoms with E-state index in [-0.39, 0.29) is 11.7 Å². The first-order valence-electron chi connectivity index (χ1n) is 8.05. The lowest BCUT2D eigenvalue weighted by Crippen LogP contribution is -2.55. The lowest BCUT2D eigenvalue weighted by Gasteiger charge is -2.47. The first-order valence-corrected chi connectivity index (χ1v) is 8.05. The van der Waals surface area contributed by atoms with Crippen LogP contribution in [0.1, 0.15) is 44.7 Å². The quantitative estimate of drug-likeness (QED) is 0.918. The van der Waals surface area contributed by atoms with Crippen molar-refractivity contribution in [3.05, 3.63) is 23.8 Å². The number of piperidine rings is 1. The summed E-state index contributed by atoms with van der Waals surface area (Å²) < 4.78 is 35.3. The van der Waals surface area contributed by atoms with E-state index in [2.05, 4.69) is 4.74 Å². The fourth-order valence-electron chi connectivity index (χ4n) is 3.38. The average Bonchev–Trinajstić information content (AvgIpc) is 2.50. The monoisotopic (exact) mass is 341 g/mol. The molecule has 2 aliphatic rings. The van der Waals surface area contributed by atoms with Crippen LogP contribution in [0.4, 0.5) is 8.78 Å². The van der Waals surface area contributed by atoms with Crippen molar-refractivity contribution in [2.75, 3.05) is 6.54 Å². The van der Waals surface area contributed by atoms with Crippen LogP contribution in [0.25, 0.3) is 0 Å². The smallest absolute Gasteiger partial charge is 0.387 e. The number of fused-ring (bicyclic) bond motifs is 1. The third-order valence-corrected chi connectivity index (χ3v) is 4.61. The summed E-state index contributed by atoms with van der Waals surface area (Å²) in [4.78, 5) is 14.0. The zero-order valence-corrected chi connectivity index (χ0v) is 13.7. The van der Waals surface area contributed by atoms with E-state index >= 15 is 0 Å². The molecule has 0 radical (unpaired) electrons. The predicted octanol–water partition coefficient (Wildman–Crippen LogP) is 2.87. The fourth-order valence-corrected chi connectivity index (χ4v) is 3.38. The molecule has 0 aromatic heterocycles. The zero-order chi connectivity index (χ0) is 17.5. The molecular weight excluding hydrogens is 320 g/mol. The summed E-state index contributed by atoms with van der Waals surface area (Å²) in [5.74, 6) is 0.401. The molecule has 2 unspecified atom stereocenters. The van der Waals surface area contributed by atoms with Gasteiger partial charge in [0.15, 0.2) is 0 Å². The van der Waals surface area contributed by atoms with Gasteiger partial charge in [-0.25, -0.2) is 0 Å². The van der Waals surface area contributed by atoms with Crippen molar-refractivity contribution >= 4 is 5.91 Å². The third-order valence-electron chi connectivity index (χ3n) is 4.61. The molecule has 132 valence electrons. The number of carbonyl (C=O) groups is 1. The van der Waals surface area contributed by atoms with Crippen molar-refractivity contribution < 1.29 is 28.2 Å². The van der Waals surface area contributed by atoms with E-state index < -0.39 is 24.4 Å². The molecule has 0 spiro atoms. The lowest BCUT2D eigenvalue weighted by molar-refractivity contribution is -0.147. The minimum Gasteiger partial charge on any atom is -0.485 e. The molecule has 2 heterocycles. The molecular formula is C17H21F2NO4. The first-order chi connectivity index (χ1) is 11.3. The van der Waals surface area contributed by atoms with Crippen LogP contribution in [0.5, 0.6) is 11.5 Å². The summed E-state index contributed by atoms with van der Waals surface area (Å²) in [6, 6.07) is 3.72. The molecule has 1 aromatic carbocycles. The van der Waals surface area contributed by atoms with Crippen LogP contribution in [-0.2, 0) is 4.79 Å². The van der Waals surface area contributed by atoms with Gasteiger partial charge in [-0.3, -0.25) is 4.79 Å². The molecule has 0 bridgehead atoms. The summed E-state index contributed by atoms with van der Waals surface area (Å²) in [6.45, 7) is 1.07. The molecule has 3 rings (SSSR count). The second kappa shape index (κ2) is 6.20. The summed E-state index contributed by atoms with van der Waals surface area (Å²) in [6.07, 6.45) is 1.11. The highest BCUT2D eigenvalue weighted by Gasteiger charge is 2.47. The number of likely N-dealkylation sites (tertiary alicyclic amines) is 1. The van der Waals surface area contributed by atoms with E-state index in [4.69, 9.17) is 4.74 Å². The van der Waals surface area contributed by atoms with Crippen molar-refractivity contribution in [3.8, 4) is 11.5 Å². The van der Waals surface area contributed by atoms with Crippen molar-refractivity contribution in [3.63, 3.8) is 0 Å². The Morgan fingerprint density at radius 2 is 2.12 bits per heavy atom. The number of carbonyl (C=O) groups excluding carboxylic acids is 1. The Labute approximate surface area is 139 Å². The normalized spacial score (nSPS) is 26.1. The topological polar surface area (TPSA) is 59.0 Å². The number of ether oxygens (including phenoxy) is 2. The number of rotatable bonds is 3. The molecule has 7 heteroatoms. The van der Waals surface area contributed by atoms with Crippen LogP contribution in [0.15, 0.2) is 18.2 Å². The van der Waals surface area contributed by atoms with Gasteiger partial charge in [0, 0.05) is 18.5 Å². The maximum absolute atomic E-state index is 12.5. The molecule has 0 aliphatic carbocycles. The van der Waals surface area contributed by atoms with Crippen LogP contribution in [0.2, 0.25) is 0 Å². The second-order valence-corrected chi connectivity index (χ2v) is 6.72. The Morgan fingerprint density at radius 3 is 2.79 bits per heavy atom. The maximum Gasteiger partial charge on any atom is 0.387 e. The van der Waals surface area contributed by atoms with Crippen LogP contribution in [0, 0.1) is 0 Å². The molecule has 1 aromatic rings. The van der Waals surface area contributed by atoms with Gasteiger partial charge in [0.1, 0.15) is 23.2 Å². The summed E-state index contributed by atoms with van der Waals surface area (Å²) in [5, 5.41) is 10.8. The molecule has 2 atom stereocenters. The van der Waals surface area contributed by atoms with Crippen molar-refractivity contribution in [1.29, 1.82) is 0 Å². The van der Waals surface area contributed by atoms with Crippen molar-refractivity contribution in [2.24, 2.45) is 0 Å². The highest BCUT2D eigenvalue weighted by molar-refractivity contribution is 5.77. The van der Waals surface area contributed by atoms with Crippen molar-refractivity contribution in [1.82, 2.24) is 4.90 Å². The minimum atomic E-state index is -2.94. The molecule has 1 amide bonds. The summed E-state index contributed by atoms with van der Waals surface area (Å²) in [5.41, 5.74) is -0.407. The first kappa shape index (κ1) is 17.0. The number of halogens is 2. The Hall–Kier alpha value is -1.89. The highest BCUT2D eigenvalue weighted by Crippen LogP contribution is 2.45. The fraction of sp³-hybridized carbons (Fsp3) is 0.588. The van der Waals surface area contributed by atoms with Gasteiger partial charge in [-0.1, -0.05) is 0 Å². The Bertz CT molecular complexity index is 635. The van der Waals surface area contributed by atoms with E-state index in [9.17, 15) is 18.7 Å². The molecule has 1 fully saturated rings. The Balaban J connectivity index is 2.04. The van der Waals surface area contributed by atoms with Crippen LogP contribution in [0.3, 0.4) is 0 Å². The molecule has 1 N–H and O–H groups in total. The molecule has 24 heavy (non-hydrogen) atoms. The number of hydrogen-bond donors (Lipinski definition) is 1. The number of alkyl halides is 2. The van der Waals surface area contributed by atoms with Gasteiger partial charge in [0.05, 0.1) is 6.04 Å². The third kappa shape index (κ3) is 3.05. The number of amides is 1. The molecule has 2 aliphatic heterocycles. The van der Waals surface area contributed by atoms with E-state index in [1.54, 1.807) is 24.8 Å². The highest BCUT2D eigenvalue weighted by atomic mass is 19.3. The predicted molar refractivity (Wildman–Crippen MR) is 82.1 cm³/mol. The van der Waals surface area contributed by atoms with Gasteiger partial charge in [-0.2, -0.15) is 8.78 Å². The zero-order valence-electron chi connectivity index (χ0n) is 13.7. The van der Waals surface area contributed by atoms with Gasteiger partial charge in [0.25, 0.3) is 0 Å². The van der Waals surface area contributed by atoms with Gasteiger partial charge >= 0.3 is 6.61 Å². The van der Waals surface area contributed by atoms with Gasteiger partial charge < -0.3 is 19.5 Å². The molecule has 5 nitrogen and oxygen atoms in total. The largest absolute Gasteiger partial charge is 0.485 e. The maximum atomic E-state index is 12.5. The number of hydrogen-bond acceptors (Lipinski definition) is 4. The van der Waals surface area contributed by atoms with Crippen LogP contribution < -0.4 is 9.47 Å². The summed E-state index contributed by atoms with van der Waals surface area (Å²) >= 11 is 0. The van der Waals surface area contributed by atoms with E-state index in [0.717, 1.165) is 12.8 Å². The number of aliphatic hydroxyl groups excluding tert-OH is 1. The van der Waals surface area contributed by atoms with Gasteiger partial charge in [0.2, 0.25) is 5.91 Å². The van der Waals surface area contributed by atoms with Gasteiger partial charge in [-0.15, -0.1) is 0 Å². The van der Waals surface area contributed by atoms with E-state index in [1.807, 2.05) is 0 Å². The van der Waals surface area contributed by atoms with E-state index in [1.165, 1.54) is 12.1 Å². The Morgan fingerprint density at radius 1 is 1.38 bits per heavy atom. The van der Waals surface area contributed by atoms with E-state index in [0.29, 0.717) is 24.3 Å². The lowest BCUT2D eigenvalue weighted by atomic mass is 9.84.